The Morgan fingerprint density at radius 2 is 1.75 bits per heavy atom. The van der Waals surface area contributed by atoms with Crippen LogP contribution >= 0.6 is 0 Å². The number of piperazine rings is 3. The molecule has 3 saturated heterocycles. The van der Waals surface area contributed by atoms with Crippen molar-refractivity contribution in [1.82, 2.24) is 9.80 Å². The van der Waals surface area contributed by atoms with E-state index in [4.69, 9.17) is 0 Å². The summed E-state index contributed by atoms with van der Waals surface area (Å²) in [7, 11) is 0. The molecule has 0 amide bonds. The zero-order chi connectivity index (χ0) is 14.1. The molecule has 3 nitrogen and oxygen atoms in total. The third kappa shape index (κ3) is 2.90. The van der Waals surface area contributed by atoms with Crippen LogP contribution in [0, 0.1) is 0 Å². The first-order valence-corrected chi connectivity index (χ1v) is 7.87. The Hall–Kier alpha value is -0.900. The number of hydrogen-bond donors (Lipinski definition) is 1. The zero-order valence-electron chi connectivity index (χ0n) is 12.6. The molecule has 3 aliphatic heterocycles. The van der Waals surface area contributed by atoms with E-state index in [-0.39, 0.29) is 6.10 Å². The second kappa shape index (κ2) is 5.84. The van der Waals surface area contributed by atoms with Gasteiger partial charge in [-0.15, -0.1) is 0 Å². The van der Waals surface area contributed by atoms with Crippen molar-refractivity contribution in [1.29, 1.82) is 0 Å². The first kappa shape index (κ1) is 14.1. The fourth-order valence-corrected chi connectivity index (χ4v) is 3.44. The van der Waals surface area contributed by atoms with Crippen LogP contribution in [0.2, 0.25) is 0 Å². The average Bonchev–Trinajstić information content (AvgIpc) is 2.49. The molecule has 0 aromatic heterocycles. The van der Waals surface area contributed by atoms with E-state index in [1.165, 1.54) is 24.2 Å². The molecule has 0 radical (unpaired) electrons. The molecule has 3 heterocycles. The lowest BCUT2D eigenvalue weighted by atomic mass is 9.95. The van der Waals surface area contributed by atoms with Crippen LogP contribution in [-0.4, -0.2) is 59.8 Å². The summed E-state index contributed by atoms with van der Waals surface area (Å²) in [5.74, 6) is 0.571. The Labute approximate surface area is 122 Å². The molecule has 1 aromatic carbocycles. The minimum absolute atomic E-state index is 0.247. The van der Waals surface area contributed by atoms with Crippen molar-refractivity contribution >= 4 is 0 Å². The maximum Gasteiger partial charge on any atom is 0.0748 e. The maximum absolute atomic E-state index is 10.6. The Morgan fingerprint density at radius 1 is 1.10 bits per heavy atom. The summed E-state index contributed by atoms with van der Waals surface area (Å²) in [6.07, 6.45) is 0.524. The molecule has 0 saturated carbocycles. The van der Waals surface area contributed by atoms with Crippen LogP contribution in [0.1, 0.15) is 30.9 Å². The van der Waals surface area contributed by atoms with Crippen molar-refractivity contribution in [2.24, 2.45) is 0 Å². The van der Waals surface area contributed by atoms with E-state index in [0.717, 1.165) is 26.1 Å². The van der Waals surface area contributed by atoms with Crippen molar-refractivity contribution in [2.75, 3.05) is 32.7 Å². The van der Waals surface area contributed by atoms with Gasteiger partial charge in [-0.2, -0.15) is 0 Å². The lowest BCUT2D eigenvalue weighted by Crippen LogP contribution is -2.64. The van der Waals surface area contributed by atoms with Crippen molar-refractivity contribution in [3.05, 3.63) is 35.4 Å². The zero-order valence-corrected chi connectivity index (χ0v) is 12.6. The lowest BCUT2D eigenvalue weighted by molar-refractivity contribution is -0.0453. The van der Waals surface area contributed by atoms with Crippen molar-refractivity contribution in [3.8, 4) is 0 Å². The quantitative estimate of drug-likeness (QED) is 0.905. The van der Waals surface area contributed by atoms with Gasteiger partial charge >= 0.3 is 0 Å². The molecule has 0 spiro atoms. The third-order valence-corrected chi connectivity index (χ3v) is 4.86. The molecule has 110 valence electrons. The number of benzene rings is 1. The second-order valence-corrected chi connectivity index (χ2v) is 6.57. The number of fused-ring (bicyclic) bond motifs is 3. The van der Waals surface area contributed by atoms with Gasteiger partial charge in [0.2, 0.25) is 0 Å². The van der Waals surface area contributed by atoms with Gasteiger partial charge in [0.25, 0.3) is 0 Å². The van der Waals surface area contributed by atoms with Crippen molar-refractivity contribution < 1.29 is 5.11 Å². The number of hydrogen-bond acceptors (Lipinski definition) is 3. The lowest BCUT2D eigenvalue weighted by Gasteiger charge is -2.49. The highest BCUT2D eigenvalue weighted by Crippen LogP contribution is 2.21. The highest BCUT2D eigenvalue weighted by Gasteiger charge is 2.35. The van der Waals surface area contributed by atoms with E-state index in [0.29, 0.717) is 12.0 Å². The van der Waals surface area contributed by atoms with Gasteiger partial charge < -0.3 is 5.11 Å². The summed E-state index contributed by atoms with van der Waals surface area (Å²) in [5, 5.41) is 10.6. The van der Waals surface area contributed by atoms with Gasteiger partial charge in [-0.1, -0.05) is 38.1 Å². The van der Waals surface area contributed by atoms with Crippen molar-refractivity contribution in [3.63, 3.8) is 0 Å². The normalized spacial score (nSPS) is 30.7. The molecule has 2 bridgehead atoms. The predicted molar refractivity (Wildman–Crippen MR) is 82.0 cm³/mol. The van der Waals surface area contributed by atoms with Crippen LogP contribution < -0.4 is 0 Å². The molecule has 0 aliphatic carbocycles. The Bertz CT molecular complexity index is 435. The van der Waals surface area contributed by atoms with Crippen LogP contribution in [0.25, 0.3) is 0 Å². The molecule has 4 rings (SSSR count). The van der Waals surface area contributed by atoms with Gasteiger partial charge in [0.1, 0.15) is 0 Å². The molecule has 3 heteroatoms. The van der Waals surface area contributed by atoms with E-state index >= 15 is 0 Å². The van der Waals surface area contributed by atoms with Gasteiger partial charge in [-0.05, 0) is 23.5 Å². The Kier molecular flexibility index (Phi) is 4.11. The van der Waals surface area contributed by atoms with E-state index < -0.39 is 0 Å². The van der Waals surface area contributed by atoms with E-state index in [1.807, 2.05) is 0 Å². The smallest absolute Gasteiger partial charge is 0.0748 e. The fraction of sp³-hybridized carbons (Fsp3) is 0.647. The van der Waals surface area contributed by atoms with Gasteiger partial charge in [0.15, 0.2) is 0 Å². The number of aliphatic hydroxyl groups excluding tert-OH is 1. The summed E-state index contributed by atoms with van der Waals surface area (Å²) in [6, 6.07) is 9.07. The highest BCUT2D eigenvalue weighted by molar-refractivity contribution is 5.25. The van der Waals surface area contributed by atoms with Gasteiger partial charge in [0.05, 0.1) is 6.10 Å². The van der Waals surface area contributed by atoms with Crippen molar-refractivity contribution in [2.45, 2.75) is 38.3 Å². The standard InChI is InChI=1S/C17H26N2O/c1-13(2)15-5-3-14(4-6-15)11-17(20)16-12-18-7-9-19(16)10-8-18/h3-6,13,16-17,20H,7-12H2,1-2H3. The molecule has 2 atom stereocenters. The maximum atomic E-state index is 10.6. The van der Waals surface area contributed by atoms with E-state index in [1.54, 1.807) is 0 Å². The summed E-state index contributed by atoms with van der Waals surface area (Å²) in [6.45, 7) is 10.0. The van der Waals surface area contributed by atoms with E-state index in [9.17, 15) is 5.11 Å². The van der Waals surface area contributed by atoms with Crippen LogP contribution in [-0.2, 0) is 6.42 Å². The van der Waals surface area contributed by atoms with Gasteiger partial charge in [-0.25, -0.2) is 0 Å². The summed E-state index contributed by atoms with van der Waals surface area (Å²) in [5.41, 5.74) is 2.62. The highest BCUT2D eigenvalue weighted by atomic mass is 16.3. The minimum atomic E-state index is -0.247. The first-order valence-electron chi connectivity index (χ1n) is 7.87. The molecular weight excluding hydrogens is 248 g/mol. The largest absolute Gasteiger partial charge is 0.391 e. The number of aliphatic hydroxyl groups is 1. The molecule has 1 N–H and O–H groups in total. The topological polar surface area (TPSA) is 26.7 Å². The predicted octanol–water partition coefficient (Wildman–Crippen LogP) is 1.71. The van der Waals surface area contributed by atoms with Crippen LogP contribution in [0.15, 0.2) is 24.3 Å². The average molecular weight is 274 g/mol. The second-order valence-electron chi connectivity index (χ2n) is 6.57. The Balaban J connectivity index is 1.62. The summed E-state index contributed by atoms with van der Waals surface area (Å²) in [4.78, 5) is 4.95. The molecule has 2 unspecified atom stereocenters. The molecule has 20 heavy (non-hydrogen) atoms. The third-order valence-electron chi connectivity index (χ3n) is 4.86. The van der Waals surface area contributed by atoms with E-state index in [2.05, 4.69) is 47.9 Å². The molecule has 3 fully saturated rings. The summed E-state index contributed by atoms with van der Waals surface area (Å²) >= 11 is 0. The van der Waals surface area contributed by atoms with Gasteiger partial charge in [-0.3, -0.25) is 9.80 Å². The fourth-order valence-electron chi connectivity index (χ4n) is 3.44. The van der Waals surface area contributed by atoms with Crippen LogP contribution in [0.3, 0.4) is 0 Å². The molecule has 3 aliphatic rings. The molecule has 1 aromatic rings. The number of nitrogens with zero attached hydrogens (tertiary/aromatic N) is 2. The van der Waals surface area contributed by atoms with Gasteiger partial charge in [0, 0.05) is 38.8 Å². The van der Waals surface area contributed by atoms with Crippen LogP contribution in [0.5, 0.6) is 0 Å². The Morgan fingerprint density at radius 3 is 2.25 bits per heavy atom. The van der Waals surface area contributed by atoms with Crippen LogP contribution in [0.4, 0.5) is 0 Å². The first-order chi connectivity index (χ1) is 9.63. The monoisotopic (exact) mass is 274 g/mol. The SMILES string of the molecule is CC(C)c1ccc(CC(O)C2CN3CCN2CC3)cc1. The minimum Gasteiger partial charge on any atom is -0.391 e. The summed E-state index contributed by atoms with van der Waals surface area (Å²) < 4.78 is 0. The number of rotatable bonds is 4. The molecular formula is C17H26N2O.